The highest BCUT2D eigenvalue weighted by atomic mass is 16.6. The molecule has 2 N–H and O–H groups in total. The van der Waals surface area contributed by atoms with E-state index in [0.717, 1.165) is 29.6 Å². The van der Waals surface area contributed by atoms with E-state index in [0.29, 0.717) is 12.8 Å². The van der Waals surface area contributed by atoms with Gasteiger partial charge in [-0.2, -0.15) is 0 Å². The fraction of sp³-hybridized carbons (Fsp3) is 0.531. The Morgan fingerprint density at radius 1 is 1.18 bits per heavy atom. The van der Waals surface area contributed by atoms with Crippen molar-refractivity contribution in [2.24, 2.45) is 34.1 Å². The molecule has 1 aromatic carbocycles. The van der Waals surface area contributed by atoms with E-state index in [1.54, 1.807) is 0 Å². The Morgan fingerprint density at radius 2 is 2.00 bits per heavy atom. The third kappa shape index (κ3) is 3.19. The number of benzene rings is 1. The molecule has 5 heterocycles. The van der Waals surface area contributed by atoms with Crippen LogP contribution in [0.15, 0.2) is 59.3 Å². The SMILES string of the molecule is CC1=C[C@@H](C)CC=C[C@H]2[C@@H]3O[C@]3(C)[C@@H](C)[C@H]3C(Cc4c[nH]c5ccccc45)NC(=O)[C@]32C2=N[C@@H](CC2)C1=O. The van der Waals surface area contributed by atoms with Crippen LogP contribution in [0.1, 0.15) is 52.5 Å². The molecule has 198 valence electrons. The number of hydrogen-bond acceptors (Lipinski definition) is 4. The summed E-state index contributed by atoms with van der Waals surface area (Å²) in [5.74, 6) is 0.503. The number of nitrogens with zero attached hydrogens (tertiary/aromatic N) is 1. The Balaban J connectivity index is 1.37. The molecule has 1 aromatic heterocycles. The van der Waals surface area contributed by atoms with Crippen LogP contribution in [0.3, 0.4) is 0 Å². The molecule has 1 spiro atoms. The number of epoxide rings is 1. The van der Waals surface area contributed by atoms with E-state index < -0.39 is 11.5 Å². The molecule has 6 nitrogen and oxygen atoms in total. The molecule has 4 aliphatic heterocycles. The minimum Gasteiger partial charge on any atom is -0.365 e. The van der Waals surface area contributed by atoms with Crippen LogP contribution in [-0.4, -0.2) is 46.2 Å². The zero-order valence-corrected chi connectivity index (χ0v) is 22.7. The predicted molar refractivity (Wildman–Crippen MR) is 148 cm³/mol. The average Bonchev–Trinajstić information content (AvgIpc) is 3.23. The molecule has 38 heavy (non-hydrogen) atoms. The third-order valence-corrected chi connectivity index (χ3v) is 10.5. The number of ether oxygens (including phenoxy) is 1. The molecule has 2 bridgehead atoms. The fourth-order valence-corrected chi connectivity index (χ4v) is 8.45. The van der Waals surface area contributed by atoms with Crippen molar-refractivity contribution in [3.63, 3.8) is 0 Å². The van der Waals surface area contributed by atoms with E-state index in [1.807, 2.05) is 13.0 Å². The summed E-state index contributed by atoms with van der Waals surface area (Å²) in [6, 6.07) is 7.92. The van der Waals surface area contributed by atoms with Crippen molar-refractivity contribution in [3.05, 3.63) is 59.8 Å². The first kappa shape index (κ1) is 24.1. The molecule has 1 unspecified atom stereocenters. The number of nitrogens with one attached hydrogen (secondary N) is 2. The van der Waals surface area contributed by atoms with Crippen LogP contribution in [0.4, 0.5) is 0 Å². The van der Waals surface area contributed by atoms with Gasteiger partial charge >= 0.3 is 0 Å². The third-order valence-electron chi connectivity index (χ3n) is 10.5. The summed E-state index contributed by atoms with van der Waals surface area (Å²) in [6.07, 6.45) is 11.6. The van der Waals surface area contributed by atoms with Crippen molar-refractivity contribution in [1.29, 1.82) is 0 Å². The van der Waals surface area contributed by atoms with E-state index in [2.05, 4.69) is 73.7 Å². The summed E-state index contributed by atoms with van der Waals surface area (Å²) in [6.45, 7) is 8.55. The van der Waals surface area contributed by atoms with Gasteiger partial charge in [0.05, 0.1) is 11.7 Å². The molecule has 0 radical (unpaired) electrons. The van der Waals surface area contributed by atoms with Crippen LogP contribution in [0.5, 0.6) is 0 Å². The normalized spacial score (nSPS) is 41.8. The standard InChI is InChI=1S/C32H37N3O3/c1-17-8-7-10-22-29-31(4,38-29)19(3)27-25(15-20-16-33-23-11-6-5-9-21(20)23)35-30(37)32(22,27)26-13-12-24(34-26)28(36)18(2)14-17/h5-7,9-11,14,16-17,19,22,24-25,27,29,33H,8,12-13,15H2,1-4H3,(H,35,37)/t17-,19-,22-,24-,25?,27-,29-,31+,32+/m0/s1. The molecule has 7 rings (SSSR count). The zero-order chi connectivity index (χ0) is 26.4. The second-order valence-electron chi connectivity index (χ2n) is 12.6. The van der Waals surface area contributed by atoms with Gasteiger partial charge in [0, 0.05) is 40.7 Å². The van der Waals surface area contributed by atoms with Crippen LogP contribution in [0, 0.1) is 29.1 Å². The van der Waals surface area contributed by atoms with Crippen molar-refractivity contribution in [2.75, 3.05) is 0 Å². The topological polar surface area (TPSA) is 86.8 Å². The van der Waals surface area contributed by atoms with Gasteiger partial charge in [0.15, 0.2) is 5.78 Å². The molecule has 3 fully saturated rings. The largest absolute Gasteiger partial charge is 0.365 e. The maximum atomic E-state index is 14.4. The van der Waals surface area contributed by atoms with E-state index in [1.165, 1.54) is 10.9 Å². The number of aromatic amines is 1. The van der Waals surface area contributed by atoms with Crippen LogP contribution in [-0.2, 0) is 20.7 Å². The number of Topliss-reactive ketones (excluding diaryl/α,β-unsaturated/α-hetero) is 1. The van der Waals surface area contributed by atoms with E-state index in [9.17, 15) is 9.59 Å². The Labute approximate surface area is 224 Å². The Bertz CT molecular complexity index is 1430. The van der Waals surface area contributed by atoms with Gasteiger partial charge in [0.25, 0.3) is 0 Å². The first-order chi connectivity index (χ1) is 18.2. The van der Waals surface area contributed by atoms with Crippen molar-refractivity contribution in [1.82, 2.24) is 10.3 Å². The molecule has 2 saturated heterocycles. The maximum absolute atomic E-state index is 14.4. The number of aromatic nitrogens is 1. The Morgan fingerprint density at radius 3 is 2.84 bits per heavy atom. The van der Waals surface area contributed by atoms with Gasteiger partial charge in [-0.1, -0.05) is 50.3 Å². The molecular weight excluding hydrogens is 474 g/mol. The summed E-state index contributed by atoms with van der Waals surface area (Å²) in [4.78, 5) is 36.3. The molecule has 1 amide bonds. The number of allylic oxidation sites excluding steroid dienone is 2. The number of carbonyl (C=O) groups is 2. The number of para-hydroxylation sites is 1. The second kappa shape index (κ2) is 8.25. The second-order valence-corrected chi connectivity index (χ2v) is 12.6. The summed E-state index contributed by atoms with van der Waals surface area (Å²) >= 11 is 0. The van der Waals surface area contributed by atoms with Gasteiger partial charge in [-0.25, -0.2) is 0 Å². The quantitative estimate of drug-likeness (QED) is 0.442. The Kier molecular flexibility index (Phi) is 5.23. The number of aliphatic imine (C=N–C) groups is 1. The molecule has 9 atom stereocenters. The molecule has 5 aliphatic rings. The minimum absolute atomic E-state index is 0.0180. The molecule has 2 aromatic rings. The van der Waals surface area contributed by atoms with Crippen LogP contribution in [0.2, 0.25) is 0 Å². The van der Waals surface area contributed by atoms with Crippen molar-refractivity contribution >= 4 is 28.3 Å². The van der Waals surface area contributed by atoms with E-state index >= 15 is 0 Å². The lowest BCUT2D eigenvalue weighted by atomic mass is 9.51. The molecular formula is C32H37N3O3. The first-order valence-electron chi connectivity index (χ1n) is 14.3. The highest BCUT2D eigenvalue weighted by Gasteiger charge is 2.77. The number of hydrogen-bond donors (Lipinski definition) is 2. The number of fused-ring (bicyclic) bond motifs is 4. The number of amides is 1. The van der Waals surface area contributed by atoms with Crippen LogP contribution in [0.25, 0.3) is 10.9 Å². The minimum atomic E-state index is -0.789. The number of ketones is 1. The maximum Gasteiger partial charge on any atom is 0.233 e. The number of carbonyl (C=O) groups excluding carboxylic acids is 2. The molecule has 1 saturated carbocycles. The number of H-pyrrole nitrogens is 1. The molecule has 1 aliphatic carbocycles. The summed E-state index contributed by atoms with van der Waals surface area (Å²) in [5, 5.41) is 4.68. The van der Waals surface area contributed by atoms with Gasteiger partial charge in [0.2, 0.25) is 5.91 Å². The summed E-state index contributed by atoms with van der Waals surface area (Å²) in [7, 11) is 0. The highest BCUT2D eigenvalue weighted by molar-refractivity contribution is 6.14. The number of rotatable bonds is 2. The van der Waals surface area contributed by atoms with E-state index in [4.69, 9.17) is 9.73 Å². The van der Waals surface area contributed by atoms with Crippen molar-refractivity contribution in [2.45, 2.75) is 77.2 Å². The monoisotopic (exact) mass is 511 g/mol. The van der Waals surface area contributed by atoms with Crippen LogP contribution >= 0.6 is 0 Å². The smallest absolute Gasteiger partial charge is 0.233 e. The highest BCUT2D eigenvalue weighted by Crippen LogP contribution is 2.66. The lowest BCUT2D eigenvalue weighted by Crippen LogP contribution is -2.58. The average molecular weight is 512 g/mol. The molecule has 6 heteroatoms. The lowest BCUT2D eigenvalue weighted by molar-refractivity contribution is -0.128. The van der Waals surface area contributed by atoms with Gasteiger partial charge in [-0.3, -0.25) is 14.6 Å². The fourth-order valence-electron chi connectivity index (χ4n) is 8.45. The van der Waals surface area contributed by atoms with E-state index in [-0.39, 0.29) is 53.1 Å². The van der Waals surface area contributed by atoms with Gasteiger partial charge in [0.1, 0.15) is 11.5 Å². The predicted octanol–water partition coefficient (Wildman–Crippen LogP) is 4.95. The zero-order valence-electron chi connectivity index (χ0n) is 22.7. The van der Waals surface area contributed by atoms with Gasteiger partial charge < -0.3 is 15.0 Å². The van der Waals surface area contributed by atoms with Crippen molar-refractivity contribution in [3.8, 4) is 0 Å². The summed E-state index contributed by atoms with van der Waals surface area (Å²) in [5.41, 5.74) is 2.98. The van der Waals surface area contributed by atoms with Crippen LogP contribution < -0.4 is 5.32 Å². The van der Waals surface area contributed by atoms with Gasteiger partial charge in [-0.15, -0.1) is 0 Å². The van der Waals surface area contributed by atoms with Crippen molar-refractivity contribution < 1.29 is 14.3 Å². The first-order valence-corrected chi connectivity index (χ1v) is 14.3. The summed E-state index contributed by atoms with van der Waals surface area (Å²) < 4.78 is 6.50. The Hall–Kier alpha value is -2.99. The lowest BCUT2D eigenvalue weighted by Gasteiger charge is -2.47. The van der Waals surface area contributed by atoms with Gasteiger partial charge in [-0.05, 0) is 68.6 Å².